The van der Waals surface area contributed by atoms with Crippen molar-refractivity contribution in [3.05, 3.63) is 81.8 Å². The van der Waals surface area contributed by atoms with E-state index in [1.807, 2.05) is 42.5 Å². The third-order valence-corrected chi connectivity index (χ3v) is 6.30. The van der Waals surface area contributed by atoms with Crippen molar-refractivity contribution >= 4 is 27.7 Å². The van der Waals surface area contributed by atoms with Crippen LogP contribution < -0.4 is 14.2 Å². The summed E-state index contributed by atoms with van der Waals surface area (Å²) >= 11 is 5.37. The van der Waals surface area contributed by atoms with Crippen LogP contribution in [0.15, 0.2) is 70.0 Å². The highest BCUT2D eigenvalue weighted by Crippen LogP contribution is 2.41. The van der Waals surface area contributed by atoms with Crippen LogP contribution in [0, 0.1) is 0 Å². The van der Waals surface area contributed by atoms with E-state index in [4.69, 9.17) is 18.9 Å². The molecular formula is C23H19BrO4S. The van der Waals surface area contributed by atoms with E-state index in [1.165, 1.54) is 0 Å². The largest absolute Gasteiger partial charge is 0.486 e. The summed E-state index contributed by atoms with van der Waals surface area (Å²) in [6, 6.07) is 20.3. The van der Waals surface area contributed by atoms with Gasteiger partial charge in [0.25, 0.3) is 0 Å². The van der Waals surface area contributed by atoms with E-state index in [0.717, 1.165) is 49.1 Å². The van der Waals surface area contributed by atoms with Gasteiger partial charge in [0, 0.05) is 31.8 Å². The first-order valence-corrected chi connectivity index (χ1v) is 11.2. The minimum Gasteiger partial charge on any atom is -0.486 e. The highest BCUT2D eigenvalue weighted by Gasteiger charge is 2.25. The highest BCUT2D eigenvalue weighted by atomic mass is 79.9. The predicted molar refractivity (Wildman–Crippen MR) is 116 cm³/mol. The standard InChI is InChI=1S/C23H19BrO4S/c24-18-10-16-13-27-23(15-4-2-1-3-5-15)28-22(16)17(11-18)14-29-19-6-7-20-21(12-19)26-9-8-25-20/h1-7,10-12,23H,8-9,13-14H2/t23-/m1/s1. The molecule has 0 saturated heterocycles. The van der Waals surface area contributed by atoms with Gasteiger partial charge in [-0.05, 0) is 30.3 Å². The monoisotopic (exact) mass is 470 g/mol. The normalized spacial score (nSPS) is 17.3. The minimum atomic E-state index is -0.386. The van der Waals surface area contributed by atoms with Crippen LogP contribution in [0.2, 0.25) is 0 Å². The van der Waals surface area contributed by atoms with Crippen LogP contribution in [0.1, 0.15) is 23.0 Å². The average Bonchev–Trinajstić information content (AvgIpc) is 2.77. The molecule has 0 radical (unpaired) electrons. The molecule has 0 saturated carbocycles. The molecule has 148 valence electrons. The molecule has 0 N–H and O–H groups in total. The van der Waals surface area contributed by atoms with E-state index in [1.54, 1.807) is 11.8 Å². The molecule has 3 aromatic carbocycles. The van der Waals surface area contributed by atoms with Crippen molar-refractivity contribution in [2.45, 2.75) is 23.5 Å². The van der Waals surface area contributed by atoms with Crippen molar-refractivity contribution in [3.8, 4) is 17.2 Å². The summed E-state index contributed by atoms with van der Waals surface area (Å²) in [6.07, 6.45) is -0.386. The van der Waals surface area contributed by atoms with Gasteiger partial charge in [0.15, 0.2) is 11.5 Å². The second-order valence-corrected chi connectivity index (χ2v) is 8.78. The van der Waals surface area contributed by atoms with E-state index < -0.39 is 0 Å². The van der Waals surface area contributed by atoms with Gasteiger partial charge >= 0.3 is 0 Å². The lowest BCUT2D eigenvalue weighted by Gasteiger charge is -2.28. The predicted octanol–water partition coefficient (Wildman–Crippen LogP) is 6.12. The van der Waals surface area contributed by atoms with Gasteiger partial charge in [-0.3, -0.25) is 0 Å². The molecule has 0 spiro atoms. The number of thioether (sulfide) groups is 1. The molecule has 2 heterocycles. The van der Waals surface area contributed by atoms with Crippen molar-refractivity contribution in [1.29, 1.82) is 0 Å². The van der Waals surface area contributed by atoms with Crippen molar-refractivity contribution in [2.75, 3.05) is 13.2 Å². The van der Waals surface area contributed by atoms with Crippen molar-refractivity contribution in [3.63, 3.8) is 0 Å². The Bertz CT molecular complexity index is 1020. The lowest BCUT2D eigenvalue weighted by Crippen LogP contribution is -2.19. The Hall–Kier alpha value is -2.15. The van der Waals surface area contributed by atoms with Gasteiger partial charge in [-0.15, -0.1) is 11.8 Å². The fourth-order valence-electron chi connectivity index (χ4n) is 3.43. The van der Waals surface area contributed by atoms with E-state index in [0.29, 0.717) is 19.8 Å². The number of ether oxygens (including phenoxy) is 4. The van der Waals surface area contributed by atoms with E-state index in [-0.39, 0.29) is 6.29 Å². The summed E-state index contributed by atoms with van der Waals surface area (Å²) in [4.78, 5) is 1.13. The van der Waals surface area contributed by atoms with Gasteiger partial charge in [0.2, 0.25) is 6.29 Å². The maximum atomic E-state index is 6.28. The third-order valence-electron chi connectivity index (χ3n) is 4.80. The third kappa shape index (κ3) is 4.10. The molecule has 0 amide bonds. The van der Waals surface area contributed by atoms with Crippen LogP contribution in [0.3, 0.4) is 0 Å². The van der Waals surface area contributed by atoms with Crippen LogP contribution in [0.4, 0.5) is 0 Å². The molecule has 5 rings (SSSR count). The van der Waals surface area contributed by atoms with Gasteiger partial charge in [0.1, 0.15) is 19.0 Å². The number of hydrogen-bond donors (Lipinski definition) is 0. The second-order valence-electron chi connectivity index (χ2n) is 6.82. The lowest BCUT2D eigenvalue weighted by molar-refractivity contribution is -0.111. The molecule has 6 heteroatoms. The highest BCUT2D eigenvalue weighted by molar-refractivity contribution is 9.10. The van der Waals surface area contributed by atoms with Crippen LogP contribution >= 0.6 is 27.7 Å². The van der Waals surface area contributed by atoms with Gasteiger partial charge in [-0.1, -0.05) is 46.3 Å². The summed E-state index contributed by atoms with van der Waals surface area (Å²) in [5, 5.41) is 0. The second kappa shape index (κ2) is 8.30. The molecule has 29 heavy (non-hydrogen) atoms. The van der Waals surface area contributed by atoms with E-state index in [2.05, 4.69) is 34.1 Å². The van der Waals surface area contributed by atoms with Crippen molar-refractivity contribution in [2.24, 2.45) is 0 Å². The van der Waals surface area contributed by atoms with Gasteiger partial charge in [-0.25, -0.2) is 0 Å². The molecular weight excluding hydrogens is 452 g/mol. The molecule has 2 aliphatic rings. The lowest BCUT2D eigenvalue weighted by atomic mass is 10.1. The number of rotatable bonds is 4. The Morgan fingerprint density at radius 3 is 2.62 bits per heavy atom. The average molecular weight is 471 g/mol. The minimum absolute atomic E-state index is 0.386. The Morgan fingerprint density at radius 1 is 0.931 bits per heavy atom. The summed E-state index contributed by atoms with van der Waals surface area (Å²) in [7, 11) is 0. The molecule has 0 bridgehead atoms. The number of fused-ring (bicyclic) bond motifs is 2. The topological polar surface area (TPSA) is 36.9 Å². The first kappa shape index (κ1) is 18.9. The molecule has 2 aliphatic heterocycles. The quantitative estimate of drug-likeness (QED) is 0.429. The molecule has 0 fully saturated rings. The molecule has 3 aromatic rings. The Balaban J connectivity index is 1.37. The molecule has 1 atom stereocenters. The number of halogens is 1. The molecule has 0 aromatic heterocycles. The van der Waals surface area contributed by atoms with Crippen LogP contribution in [0.5, 0.6) is 17.2 Å². The van der Waals surface area contributed by atoms with Crippen molar-refractivity contribution < 1.29 is 18.9 Å². The van der Waals surface area contributed by atoms with E-state index in [9.17, 15) is 0 Å². The number of benzene rings is 3. The SMILES string of the molecule is Brc1cc2c(c(CSc3ccc4c(c3)OCCO4)c1)O[C@H](c1ccccc1)OC2. The summed E-state index contributed by atoms with van der Waals surface area (Å²) in [6.45, 7) is 1.72. The summed E-state index contributed by atoms with van der Waals surface area (Å²) in [5.74, 6) is 3.32. The smallest absolute Gasteiger partial charge is 0.227 e. The van der Waals surface area contributed by atoms with Crippen LogP contribution in [0.25, 0.3) is 0 Å². The summed E-state index contributed by atoms with van der Waals surface area (Å²) < 4.78 is 24.6. The van der Waals surface area contributed by atoms with Crippen molar-refractivity contribution in [1.82, 2.24) is 0 Å². The fourth-order valence-corrected chi connectivity index (χ4v) is 4.88. The van der Waals surface area contributed by atoms with Crippen LogP contribution in [-0.4, -0.2) is 13.2 Å². The molecule has 0 unspecified atom stereocenters. The first-order chi connectivity index (χ1) is 14.3. The van der Waals surface area contributed by atoms with Gasteiger partial charge in [0.05, 0.1) is 6.61 Å². The Kier molecular flexibility index (Phi) is 5.40. The first-order valence-electron chi connectivity index (χ1n) is 9.43. The van der Waals surface area contributed by atoms with Crippen LogP contribution in [-0.2, 0) is 17.1 Å². The van der Waals surface area contributed by atoms with Gasteiger partial charge < -0.3 is 18.9 Å². The fraction of sp³-hybridized carbons (Fsp3) is 0.217. The molecule has 0 aliphatic carbocycles. The maximum Gasteiger partial charge on any atom is 0.227 e. The van der Waals surface area contributed by atoms with Gasteiger partial charge in [-0.2, -0.15) is 0 Å². The number of hydrogen-bond acceptors (Lipinski definition) is 5. The zero-order valence-electron chi connectivity index (χ0n) is 15.6. The molecule has 4 nitrogen and oxygen atoms in total. The zero-order valence-corrected chi connectivity index (χ0v) is 18.0. The Morgan fingerprint density at radius 2 is 1.76 bits per heavy atom. The maximum absolute atomic E-state index is 6.28. The Labute approximate surface area is 182 Å². The zero-order chi connectivity index (χ0) is 19.6. The van der Waals surface area contributed by atoms with E-state index >= 15 is 0 Å². The summed E-state index contributed by atoms with van der Waals surface area (Å²) in [5.41, 5.74) is 3.22.